The van der Waals surface area contributed by atoms with Crippen LogP contribution in [0.2, 0.25) is 0 Å². The number of carbonyl (C=O) groups is 2. The SMILES string of the molecule is COC(=O)[C@H]1CCCN1C(=O)CCn1cnc2c(C)cccc2c1=O. The maximum Gasteiger partial charge on any atom is 0.328 e. The summed E-state index contributed by atoms with van der Waals surface area (Å²) in [6.07, 6.45) is 3.02. The van der Waals surface area contributed by atoms with Crippen LogP contribution in [0.25, 0.3) is 10.9 Å². The first-order chi connectivity index (χ1) is 12.0. The highest BCUT2D eigenvalue weighted by molar-refractivity contribution is 5.85. The van der Waals surface area contributed by atoms with E-state index in [9.17, 15) is 14.4 Å². The third-order valence-corrected chi connectivity index (χ3v) is 4.67. The number of aromatic nitrogens is 2. The van der Waals surface area contributed by atoms with Crippen LogP contribution in [-0.2, 0) is 20.9 Å². The molecule has 1 amide bonds. The van der Waals surface area contributed by atoms with Crippen LogP contribution in [0.4, 0.5) is 0 Å². The molecule has 0 unspecified atom stereocenters. The Morgan fingerprint density at radius 3 is 2.92 bits per heavy atom. The molecular formula is C18H21N3O4. The molecule has 3 rings (SSSR count). The van der Waals surface area contributed by atoms with Crippen molar-refractivity contribution in [2.45, 2.75) is 38.8 Å². The lowest BCUT2D eigenvalue weighted by atomic mass is 10.1. The Kier molecular flexibility index (Phi) is 4.83. The van der Waals surface area contributed by atoms with Gasteiger partial charge in [-0.2, -0.15) is 0 Å². The minimum absolute atomic E-state index is 0.145. The zero-order chi connectivity index (χ0) is 18.0. The normalized spacial score (nSPS) is 17.0. The van der Waals surface area contributed by atoms with Crippen LogP contribution in [0.3, 0.4) is 0 Å². The Balaban J connectivity index is 1.74. The second-order valence-corrected chi connectivity index (χ2v) is 6.23. The number of hydrogen-bond donors (Lipinski definition) is 0. The van der Waals surface area contributed by atoms with Gasteiger partial charge in [0.25, 0.3) is 5.56 Å². The number of benzene rings is 1. The molecule has 25 heavy (non-hydrogen) atoms. The van der Waals surface area contributed by atoms with Gasteiger partial charge < -0.3 is 9.64 Å². The van der Waals surface area contributed by atoms with Crippen molar-refractivity contribution in [1.29, 1.82) is 0 Å². The second kappa shape index (κ2) is 7.04. The fourth-order valence-electron chi connectivity index (χ4n) is 3.30. The van der Waals surface area contributed by atoms with Crippen LogP contribution in [0.15, 0.2) is 29.3 Å². The minimum atomic E-state index is -0.508. The van der Waals surface area contributed by atoms with Crippen LogP contribution in [0, 0.1) is 6.92 Å². The third kappa shape index (κ3) is 3.26. The summed E-state index contributed by atoms with van der Waals surface area (Å²) >= 11 is 0. The molecule has 132 valence electrons. The van der Waals surface area contributed by atoms with Crippen molar-refractivity contribution in [3.8, 4) is 0 Å². The Morgan fingerprint density at radius 1 is 1.36 bits per heavy atom. The maximum atomic E-state index is 12.6. The van der Waals surface area contributed by atoms with E-state index in [1.807, 2.05) is 19.1 Å². The maximum absolute atomic E-state index is 12.6. The quantitative estimate of drug-likeness (QED) is 0.781. The molecule has 2 heterocycles. The zero-order valence-corrected chi connectivity index (χ0v) is 14.4. The monoisotopic (exact) mass is 343 g/mol. The summed E-state index contributed by atoms with van der Waals surface area (Å²) in [5.41, 5.74) is 1.46. The van der Waals surface area contributed by atoms with Crippen molar-refractivity contribution in [3.63, 3.8) is 0 Å². The van der Waals surface area contributed by atoms with Gasteiger partial charge >= 0.3 is 5.97 Å². The summed E-state index contributed by atoms with van der Waals surface area (Å²) in [4.78, 5) is 42.7. The number of amides is 1. The highest BCUT2D eigenvalue weighted by atomic mass is 16.5. The van der Waals surface area contributed by atoms with E-state index in [-0.39, 0.29) is 30.4 Å². The van der Waals surface area contributed by atoms with Gasteiger partial charge in [0, 0.05) is 19.5 Å². The number of methoxy groups -OCH3 is 1. The molecule has 7 nitrogen and oxygen atoms in total. The third-order valence-electron chi connectivity index (χ3n) is 4.67. The predicted octanol–water partition coefficient (Wildman–Crippen LogP) is 1.26. The van der Waals surface area contributed by atoms with Gasteiger partial charge in [-0.1, -0.05) is 12.1 Å². The van der Waals surface area contributed by atoms with E-state index >= 15 is 0 Å². The fraction of sp³-hybridized carbons (Fsp3) is 0.444. The Hall–Kier alpha value is -2.70. The Morgan fingerprint density at radius 2 is 2.16 bits per heavy atom. The minimum Gasteiger partial charge on any atom is -0.467 e. The van der Waals surface area contributed by atoms with Crippen molar-refractivity contribution in [3.05, 3.63) is 40.4 Å². The second-order valence-electron chi connectivity index (χ2n) is 6.23. The molecule has 0 spiro atoms. The number of fused-ring (bicyclic) bond motifs is 1. The molecule has 1 aliphatic rings. The van der Waals surface area contributed by atoms with Crippen LogP contribution in [0.5, 0.6) is 0 Å². The zero-order valence-electron chi connectivity index (χ0n) is 14.4. The van der Waals surface area contributed by atoms with E-state index in [4.69, 9.17) is 4.74 Å². The van der Waals surface area contributed by atoms with Crippen molar-refractivity contribution in [2.75, 3.05) is 13.7 Å². The van der Waals surface area contributed by atoms with Gasteiger partial charge in [-0.3, -0.25) is 14.2 Å². The van der Waals surface area contributed by atoms with Crippen molar-refractivity contribution in [1.82, 2.24) is 14.5 Å². The summed E-state index contributed by atoms with van der Waals surface area (Å²) < 4.78 is 6.21. The number of esters is 1. The van der Waals surface area contributed by atoms with Crippen LogP contribution in [-0.4, -0.2) is 46.0 Å². The van der Waals surface area contributed by atoms with Crippen LogP contribution >= 0.6 is 0 Å². The van der Waals surface area contributed by atoms with Crippen molar-refractivity contribution < 1.29 is 14.3 Å². The molecule has 0 bridgehead atoms. The first kappa shape index (κ1) is 17.1. The van der Waals surface area contributed by atoms with E-state index < -0.39 is 6.04 Å². The van der Waals surface area contributed by atoms with Gasteiger partial charge in [-0.05, 0) is 31.4 Å². The number of para-hydroxylation sites is 1. The molecule has 1 aromatic carbocycles. The number of aryl methyl sites for hydroxylation is 2. The van der Waals surface area contributed by atoms with Crippen molar-refractivity contribution >= 4 is 22.8 Å². The van der Waals surface area contributed by atoms with E-state index in [1.54, 1.807) is 11.0 Å². The number of rotatable bonds is 4. The summed E-state index contributed by atoms with van der Waals surface area (Å²) in [6, 6.07) is 4.96. The number of hydrogen-bond acceptors (Lipinski definition) is 5. The molecule has 7 heteroatoms. The highest BCUT2D eigenvalue weighted by Crippen LogP contribution is 2.19. The Bertz CT molecular complexity index is 874. The largest absolute Gasteiger partial charge is 0.467 e. The van der Waals surface area contributed by atoms with Crippen LogP contribution in [0.1, 0.15) is 24.8 Å². The summed E-state index contributed by atoms with van der Waals surface area (Å²) in [5, 5.41) is 0.545. The molecule has 1 aliphatic heterocycles. The average Bonchev–Trinajstić information content (AvgIpc) is 3.11. The van der Waals surface area contributed by atoms with Crippen molar-refractivity contribution in [2.24, 2.45) is 0 Å². The van der Waals surface area contributed by atoms with Gasteiger partial charge in [-0.15, -0.1) is 0 Å². The molecule has 1 saturated heterocycles. The van der Waals surface area contributed by atoms with Gasteiger partial charge in [0.15, 0.2) is 0 Å². The number of nitrogens with zero attached hydrogens (tertiary/aromatic N) is 3. The molecule has 1 atom stereocenters. The molecule has 0 radical (unpaired) electrons. The smallest absolute Gasteiger partial charge is 0.328 e. The number of likely N-dealkylation sites (tertiary alicyclic amines) is 1. The lowest BCUT2D eigenvalue weighted by molar-refractivity contribution is -0.151. The number of carbonyl (C=O) groups excluding carboxylic acids is 2. The van der Waals surface area contributed by atoms with Gasteiger partial charge in [0.2, 0.25) is 5.91 Å². The fourth-order valence-corrected chi connectivity index (χ4v) is 3.30. The topological polar surface area (TPSA) is 81.5 Å². The number of ether oxygens (including phenoxy) is 1. The molecule has 0 saturated carbocycles. The van der Waals surface area contributed by atoms with E-state index in [0.29, 0.717) is 23.9 Å². The molecule has 2 aromatic rings. The Labute approximate surface area is 145 Å². The van der Waals surface area contributed by atoms with Gasteiger partial charge in [0.05, 0.1) is 24.3 Å². The summed E-state index contributed by atoms with van der Waals surface area (Å²) in [5.74, 6) is -0.532. The van der Waals surface area contributed by atoms with E-state index in [2.05, 4.69) is 4.98 Å². The van der Waals surface area contributed by atoms with Gasteiger partial charge in [0.1, 0.15) is 6.04 Å². The molecule has 0 aliphatic carbocycles. The van der Waals surface area contributed by atoms with Crippen LogP contribution < -0.4 is 5.56 Å². The predicted molar refractivity (Wildman–Crippen MR) is 92.1 cm³/mol. The summed E-state index contributed by atoms with van der Waals surface area (Å²) in [7, 11) is 1.33. The highest BCUT2D eigenvalue weighted by Gasteiger charge is 2.34. The molecule has 1 fully saturated rings. The van der Waals surface area contributed by atoms with Gasteiger partial charge in [-0.25, -0.2) is 9.78 Å². The lowest BCUT2D eigenvalue weighted by Crippen LogP contribution is -2.41. The average molecular weight is 343 g/mol. The standard InChI is InChI=1S/C18H21N3O4/c1-12-5-3-6-13-16(12)19-11-20(17(13)23)10-8-15(22)21-9-4-7-14(21)18(24)25-2/h3,5-6,11,14H,4,7-10H2,1-2H3/t14-/m1/s1. The molecular weight excluding hydrogens is 322 g/mol. The molecule has 1 aromatic heterocycles. The first-order valence-corrected chi connectivity index (χ1v) is 8.35. The van der Waals surface area contributed by atoms with E-state index in [1.165, 1.54) is 18.0 Å². The molecule has 0 N–H and O–H groups in total. The van der Waals surface area contributed by atoms with E-state index in [0.717, 1.165) is 12.0 Å². The summed E-state index contributed by atoms with van der Waals surface area (Å²) in [6.45, 7) is 2.69. The first-order valence-electron chi connectivity index (χ1n) is 8.35. The lowest BCUT2D eigenvalue weighted by Gasteiger charge is -2.22.